The van der Waals surface area contributed by atoms with Gasteiger partial charge in [0.1, 0.15) is 0 Å². The monoisotopic (exact) mass is 566 g/mol. The molecule has 0 fully saturated rings. The molecule has 4 rings (SSSR count). The van der Waals surface area contributed by atoms with E-state index in [-0.39, 0.29) is 23.8 Å². The summed E-state index contributed by atoms with van der Waals surface area (Å²) in [5.41, 5.74) is 3.02. The quantitative estimate of drug-likeness (QED) is 0.494. The zero-order valence-corrected chi connectivity index (χ0v) is 22.4. The summed E-state index contributed by atoms with van der Waals surface area (Å²) in [7, 11) is 0.228. The van der Waals surface area contributed by atoms with Crippen LogP contribution in [-0.2, 0) is 37.2 Å². The van der Waals surface area contributed by atoms with Gasteiger partial charge in [-0.15, -0.1) is 0 Å². The van der Waals surface area contributed by atoms with Gasteiger partial charge < -0.3 is 19.1 Å². The molecule has 2 aliphatic rings. The highest BCUT2D eigenvalue weighted by atomic mass is 79.9. The van der Waals surface area contributed by atoms with Gasteiger partial charge in [0.15, 0.2) is 11.5 Å². The number of halogens is 1. The average Bonchev–Trinajstić information content (AvgIpc) is 3.25. The molecule has 1 atom stereocenters. The van der Waals surface area contributed by atoms with Crippen LogP contribution in [0.15, 0.2) is 33.6 Å². The van der Waals surface area contributed by atoms with Gasteiger partial charge in [-0.2, -0.15) is 4.31 Å². The third kappa shape index (κ3) is 4.52. The van der Waals surface area contributed by atoms with Crippen LogP contribution >= 0.6 is 15.9 Å². The third-order valence-electron chi connectivity index (χ3n) is 6.54. The highest BCUT2D eigenvalue weighted by Crippen LogP contribution is 2.44. The number of hydrogen-bond acceptors (Lipinski definition) is 7. The van der Waals surface area contributed by atoms with Crippen molar-refractivity contribution in [2.45, 2.75) is 37.1 Å². The predicted molar refractivity (Wildman–Crippen MR) is 132 cm³/mol. The second kappa shape index (κ2) is 9.79. The Hall–Kier alpha value is -2.63. The summed E-state index contributed by atoms with van der Waals surface area (Å²) in [6.45, 7) is 2.12. The van der Waals surface area contributed by atoms with Crippen LogP contribution in [0, 0.1) is 0 Å². The van der Waals surface area contributed by atoms with E-state index < -0.39 is 22.0 Å². The fourth-order valence-electron chi connectivity index (χ4n) is 4.78. The van der Waals surface area contributed by atoms with E-state index in [0.717, 1.165) is 11.1 Å². The molecular weight excluding hydrogens is 540 g/mol. The normalized spacial score (nSPS) is 17.5. The van der Waals surface area contributed by atoms with Gasteiger partial charge in [-0.05, 0) is 69.7 Å². The van der Waals surface area contributed by atoms with Crippen LogP contribution in [0.4, 0.5) is 5.69 Å². The van der Waals surface area contributed by atoms with Crippen molar-refractivity contribution in [1.29, 1.82) is 0 Å². The smallest absolute Gasteiger partial charge is 0.307 e. The molecule has 0 spiro atoms. The lowest BCUT2D eigenvalue weighted by Crippen LogP contribution is -2.41. The van der Waals surface area contributed by atoms with Crippen molar-refractivity contribution in [3.63, 3.8) is 0 Å². The zero-order chi connectivity index (χ0) is 25.5. The molecule has 1 amide bonds. The zero-order valence-electron chi connectivity index (χ0n) is 20.0. The average molecular weight is 567 g/mol. The molecule has 0 saturated carbocycles. The minimum atomic E-state index is -4.08. The molecule has 0 saturated heterocycles. The standard InChI is InChI=1S/C24H27BrN2O7S/c1-14(28)26-7-5-16-9-18(25)23(12-19(16)26)35(30,31)27-8-6-15-10-21(32-2)22(33-3)11-17(15)20(27)13-24(29)34-4/h9-12,20H,5-8,13H2,1-4H3/t20-/m0/s1. The number of methoxy groups -OCH3 is 3. The Bertz CT molecular complexity index is 1300. The van der Waals surface area contributed by atoms with Gasteiger partial charge in [0.05, 0.1) is 38.7 Å². The SMILES string of the molecule is COC(=O)C[C@H]1c2cc(OC)c(OC)cc2CCN1S(=O)(=O)c1cc2c(cc1Br)CCN2C(C)=O. The van der Waals surface area contributed by atoms with E-state index in [1.165, 1.54) is 32.6 Å². The van der Waals surface area contributed by atoms with Crippen molar-refractivity contribution in [2.75, 3.05) is 39.3 Å². The largest absolute Gasteiger partial charge is 0.493 e. The number of sulfonamides is 1. The minimum Gasteiger partial charge on any atom is -0.493 e. The minimum absolute atomic E-state index is 0.0446. The first kappa shape index (κ1) is 25.5. The van der Waals surface area contributed by atoms with Gasteiger partial charge in [-0.1, -0.05) is 0 Å². The summed E-state index contributed by atoms with van der Waals surface area (Å²) in [4.78, 5) is 26.1. The predicted octanol–water partition coefficient (Wildman–Crippen LogP) is 3.23. The highest BCUT2D eigenvalue weighted by Gasteiger charge is 2.40. The second-order valence-corrected chi connectivity index (χ2v) is 11.1. The fourth-order valence-corrected chi connectivity index (χ4v) is 7.46. The molecule has 188 valence electrons. The first-order chi connectivity index (χ1) is 16.6. The van der Waals surface area contributed by atoms with E-state index >= 15 is 0 Å². The van der Waals surface area contributed by atoms with Crippen LogP contribution in [0.5, 0.6) is 11.5 Å². The molecule has 0 radical (unpaired) electrons. The number of anilines is 1. The molecule has 2 heterocycles. The summed E-state index contributed by atoms with van der Waals surface area (Å²) in [5.74, 6) is 0.292. The summed E-state index contributed by atoms with van der Waals surface area (Å²) in [5, 5.41) is 0. The van der Waals surface area contributed by atoms with Gasteiger partial charge in [-0.25, -0.2) is 8.42 Å². The number of ether oxygens (including phenoxy) is 3. The van der Waals surface area contributed by atoms with E-state index in [9.17, 15) is 18.0 Å². The Morgan fingerprint density at radius 3 is 2.29 bits per heavy atom. The van der Waals surface area contributed by atoms with E-state index in [2.05, 4.69) is 15.9 Å². The van der Waals surface area contributed by atoms with Crippen LogP contribution in [0.25, 0.3) is 0 Å². The first-order valence-corrected chi connectivity index (χ1v) is 13.3. The Labute approximate surface area is 213 Å². The molecule has 0 bridgehead atoms. The number of nitrogens with zero attached hydrogens (tertiary/aromatic N) is 2. The summed E-state index contributed by atoms with van der Waals surface area (Å²) in [6.07, 6.45) is 0.909. The van der Waals surface area contributed by atoms with Crippen molar-refractivity contribution in [3.8, 4) is 11.5 Å². The molecule has 2 aromatic rings. The van der Waals surface area contributed by atoms with Crippen LogP contribution in [0.3, 0.4) is 0 Å². The molecule has 11 heteroatoms. The third-order valence-corrected chi connectivity index (χ3v) is 9.40. The molecule has 0 unspecified atom stereocenters. The van der Waals surface area contributed by atoms with Gasteiger partial charge in [0.2, 0.25) is 15.9 Å². The van der Waals surface area contributed by atoms with Crippen LogP contribution in [-0.4, -0.2) is 59.0 Å². The van der Waals surface area contributed by atoms with E-state index in [0.29, 0.717) is 46.6 Å². The summed E-state index contributed by atoms with van der Waals surface area (Å²) >= 11 is 3.43. The topological polar surface area (TPSA) is 102 Å². The Kier molecular flexibility index (Phi) is 7.12. The van der Waals surface area contributed by atoms with Gasteiger partial charge in [0, 0.05) is 30.2 Å². The van der Waals surface area contributed by atoms with E-state index in [4.69, 9.17) is 14.2 Å². The molecule has 0 aromatic heterocycles. The lowest BCUT2D eigenvalue weighted by Gasteiger charge is -2.36. The number of carbonyl (C=O) groups is 2. The van der Waals surface area contributed by atoms with Crippen LogP contribution < -0.4 is 14.4 Å². The van der Waals surface area contributed by atoms with Gasteiger partial charge in [-0.3, -0.25) is 9.59 Å². The molecular formula is C24H27BrN2O7S. The number of esters is 1. The van der Waals surface area contributed by atoms with Gasteiger partial charge >= 0.3 is 5.97 Å². The van der Waals surface area contributed by atoms with Crippen molar-refractivity contribution in [1.82, 2.24) is 4.31 Å². The molecule has 0 aliphatic carbocycles. The number of benzene rings is 2. The Balaban J connectivity index is 1.83. The van der Waals surface area contributed by atoms with E-state index in [1.807, 2.05) is 6.07 Å². The lowest BCUT2D eigenvalue weighted by molar-refractivity contribution is -0.141. The number of rotatable bonds is 6. The van der Waals surface area contributed by atoms with Crippen molar-refractivity contribution in [2.24, 2.45) is 0 Å². The Morgan fingerprint density at radius 2 is 1.66 bits per heavy atom. The number of fused-ring (bicyclic) bond motifs is 2. The summed E-state index contributed by atoms with van der Waals surface area (Å²) in [6, 6.07) is 6.03. The molecule has 0 N–H and O–H groups in total. The molecule has 2 aromatic carbocycles. The van der Waals surface area contributed by atoms with Crippen LogP contribution in [0.1, 0.15) is 36.1 Å². The molecule has 2 aliphatic heterocycles. The maximum atomic E-state index is 14.0. The van der Waals surface area contributed by atoms with E-state index in [1.54, 1.807) is 23.1 Å². The van der Waals surface area contributed by atoms with Gasteiger partial charge in [0.25, 0.3) is 0 Å². The number of amides is 1. The molecule has 35 heavy (non-hydrogen) atoms. The maximum absolute atomic E-state index is 14.0. The van der Waals surface area contributed by atoms with Crippen molar-refractivity contribution < 1.29 is 32.2 Å². The van der Waals surface area contributed by atoms with Crippen molar-refractivity contribution in [3.05, 3.63) is 45.4 Å². The maximum Gasteiger partial charge on any atom is 0.307 e. The molecule has 9 nitrogen and oxygen atoms in total. The second-order valence-electron chi connectivity index (χ2n) is 8.40. The van der Waals surface area contributed by atoms with Crippen LogP contribution in [0.2, 0.25) is 0 Å². The first-order valence-electron chi connectivity index (χ1n) is 11.1. The Morgan fingerprint density at radius 1 is 1.00 bits per heavy atom. The summed E-state index contributed by atoms with van der Waals surface area (Å²) < 4.78 is 45.5. The fraction of sp³-hybridized carbons (Fsp3) is 0.417. The highest BCUT2D eigenvalue weighted by molar-refractivity contribution is 9.10. The number of hydrogen-bond donors (Lipinski definition) is 0. The van der Waals surface area contributed by atoms with Crippen molar-refractivity contribution >= 4 is 43.5 Å². The number of carbonyl (C=O) groups excluding carboxylic acids is 2. The lowest BCUT2D eigenvalue weighted by atomic mass is 9.91.